The summed E-state index contributed by atoms with van der Waals surface area (Å²) in [7, 11) is 0. The molecule has 2 nitrogen and oxygen atoms in total. The van der Waals surface area contributed by atoms with Crippen molar-refractivity contribution in [3.8, 4) is 0 Å². The van der Waals surface area contributed by atoms with Crippen molar-refractivity contribution in [3.63, 3.8) is 0 Å². The summed E-state index contributed by atoms with van der Waals surface area (Å²) in [5, 5.41) is 0. The lowest BCUT2D eigenvalue weighted by atomic mass is 9.92. The summed E-state index contributed by atoms with van der Waals surface area (Å²) in [6.45, 7) is 5.08. The molecular formula is C18H21FN2. The molecular weight excluding hydrogens is 263 g/mol. The minimum Gasteiger partial charge on any atom is -0.341 e. The summed E-state index contributed by atoms with van der Waals surface area (Å²) in [6, 6.07) is 13.2. The van der Waals surface area contributed by atoms with Crippen LogP contribution in [0.3, 0.4) is 0 Å². The fourth-order valence-electron chi connectivity index (χ4n) is 3.16. The summed E-state index contributed by atoms with van der Waals surface area (Å²) in [6.07, 6.45) is 1.08. The summed E-state index contributed by atoms with van der Waals surface area (Å²) in [4.78, 5) is 2.28. The van der Waals surface area contributed by atoms with Gasteiger partial charge in [-0.25, -0.2) is 4.39 Å². The molecule has 1 aliphatic heterocycles. The van der Waals surface area contributed by atoms with Gasteiger partial charge < -0.3 is 10.6 Å². The van der Waals surface area contributed by atoms with Gasteiger partial charge in [-0.2, -0.15) is 0 Å². The molecule has 2 N–H and O–H groups in total. The molecule has 1 aliphatic rings. The summed E-state index contributed by atoms with van der Waals surface area (Å²) >= 11 is 0. The smallest absolute Gasteiger partial charge is 0.123 e. The minimum absolute atomic E-state index is 0.194. The van der Waals surface area contributed by atoms with Gasteiger partial charge in [0.2, 0.25) is 0 Å². The molecule has 1 heterocycles. The predicted octanol–water partition coefficient (Wildman–Crippen LogP) is 4.18. The lowest BCUT2D eigenvalue weighted by Crippen LogP contribution is -2.31. The maximum absolute atomic E-state index is 13.6. The first-order valence-corrected chi connectivity index (χ1v) is 7.46. The Kier molecular flexibility index (Phi) is 3.68. The first-order chi connectivity index (χ1) is 10.1. The lowest BCUT2D eigenvalue weighted by Gasteiger charge is -2.36. The van der Waals surface area contributed by atoms with Crippen molar-refractivity contribution in [2.45, 2.75) is 26.3 Å². The van der Waals surface area contributed by atoms with Gasteiger partial charge in [0.05, 0.1) is 0 Å². The molecule has 0 radical (unpaired) electrons. The van der Waals surface area contributed by atoms with E-state index in [1.165, 1.54) is 17.3 Å². The fourth-order valence-corrected chi connectivity index (χ4v) is 3.16. The van der Waals surface area contributed by atoms with Gasteiger partial charge in [0.15, 0.2) is 0 Å². The molecule has 0 aromatic heterocycles. The van der Waals surface area contributed by atoms with Crippen molar-refractivity contribution in [3.05, 3.63) is 59.4 Å². The maximum Gasteiger partial charge on any atom is 0.123 e. The number of halogens is 1. The number of benzene rings is 2. The zero-order chi connectivity index (χ0) is 15.0. The average molecular weight is 284 g/mol. The van der Waals surface area contributed by atoms with Gasteiger partial charge >= 0.3 is 0 Å². The van der Waals surface area contributed by atoms with Crippen LogP contribution >= 0.6 is 0 Å². The third kappa shape index (κ3) is 2.66. The molecule has 110 valence electrons. The van der Waals surface area contributed by atoms with E-state index in [1.54, 1.807) is 6.07 Å². The van der Waals surface area contributed by atoms with Gasteiger partial charge in [0.25, 0.3) is 0 Å². The minimum atomic E-state index is -0.232. The summed E-state index contributed by atoms with van der Waals surface area (Å²) in [5.74, 6) is 0.329. The van der Waals surface area contributed by atoms with Crippen molar-refractivity contribution in [2.24, 2.45) is 11.7 Å². The van der Waals surface area contributed by atoms with Crippen molar-refractivity contribution in [2.75, 3.05) is 11.4 Å². The molecule has 0 saturated carbocycles. The molecule has 2 aromatic carbocycles. The summed E-state index contributed by atoms with van der Waals surface area (Å²) in [5.41, 5.74) is 10.5. The Hall–Kier alpha value is -1.87. The molecule has 0 bridgehead atoms. The second-order valence-corrected chi connectivity index (χ2v) is 6.04. The zero-order valence-corrected chi connectivity index (χ0v) is 12.5. The van der Waals surface area contributed by atoms with E-state index in [2.05, 4.69) is 36.1 Å². The van der Waals surface area contributed by atoms with E-state index >= 15 is 0 Å². The number of rotatable bonds is 2. The SMILES string of the molecule is CC1Cc2ccccc2N(c2ccc(F)cc2[C@@H](C)N)C1. The molecule has 0 aliphatic carbocycles. The topological polar surface area (TPSA) is 29.3 Å². The van der Waals surface area contributed by atoms with Crippen molar-refractivity contribution in [1.82, 2.24) is 0 Å². The number of fused-ring (bicyclic) bond motifs is 1. The zero-order valence-electron chi connectivity index (χ0n) is 12.5. The highest BCUT2D eigenvalue weighted by Gasteiger charge is 2.24. The maximum atomic E-state index is 13.6. The van der Waals surface area contributed by atoms with Gasteiger partial charge in [0, 0.05) is 24.0 Å². The largest absolute Gasteiger partial charge is 0.341 e. The van der Waals surface area contributed by atoms with E-state index in [-0.39, 0.29) is 11.9 Å². The molecule has 3 heteroatoms. The van der Waals surface area contributed by atoms with Crippen LogP contribution in [0.2, 0.25) is 0 Å². The molecule has 0 amide bonds. The van der Waals surface area contributed by atoms with Crippen LogP contribution in [0, 0.1) is 11.7 Å². The van der Waals surface area contributed by atoms with Gasteiger partial charge in [-0.05, 0) is 54.7 Å². The van der Waals surface area contributed by atoms with Gasteiger partial charge in [-0.15, -0.1) is 0 Å². The number of nitrogens with zero attached hydrogens (tertiary/aromatic N) is 1. The molecule has 0 fully saturated rings. The van der Waals surface area contributed by atoms with Crippen LogP contribution in [0.15, 0.2) is 42.5 Å². The quantitative estimate of drug-likeness (QED) is 0.896. The molecule has 1 unspecified atom stereocenters. The standard InChI is InChI=1S/C18H21FN2/c1-12-9-14-5-3-4-6-17(14)21(11-12)18-8-7-15(19)10-16(18)13(2)20/h3-8,10,12-13H,9,11,20H2,1-2H3/t12?,13-/m1/s1. The Morgan fingerprint density at radius 1 is 1.19 bits per heavy atom. The van der Waals surface area contributed by atoms with E-state index in [0.29, 0.717) is 5.92 Å². The van der Waals surface area contributed by atoms with Crippen LogP contribution in [-0.2, 0) is 6.42 Å². The van der Waals surface area contributed by atoms with E-state index < -0.39 is 0 Å². The first-order valence-electron chi connectivity index (χ1n) is 7.46. The Labute approximate surface area is 125 Å². The van der Waals surface area contributed by atoms with Crippen molar-refractivity contribution in [1.29, 1.82) is 0 Å². The van der Waals surface area contributed by atoms with E-state index in [0.717, 1.165) is 24.2 Å². The van der Waals surface area contributed by atoms with Crippen LogP contribution in [-0.4, -0.2) is 6.54 Å². The Bertz CT molecular complexity index is 651. The van der Waals surface area contributed by atoms with Crippen molar-refractivity contribution < 1.29 is 4.39 Å². The molecule has 3 rings (SSSR count). The average Bonchev–Trinajstić information content (AvgIpc) is 2.46. The number of para-hydroxylation sites is 1. The molecule has 2 aromatic rings. The second kappa shape index (κ2) is 5.49. The fraction of sp³-hybridized carbons (Fsp3) is 0.333. The van der Waals surface area contributed by atoms with Crippen LogP contribution in [0.1, 0.15) is 31.0 Å². The first kappa shape index (κ1) is 14.1. The Morgan fingerprint density at radius 3 is 2.71 bits per heavy atom. The summed E-state index contributed by atoms with van der Waals surface area (Å²) < 4.78 is 13.6. The van der Waals surface area contributed by atoms with Crippen LogP contribution in [0.25, 0.3) is 0 Å². The second-order valence-electron chi connectivity index (χ2n) is 6.04. The van der Waals surface area contributed by atoms with Gasteiger partial charge in [0.1, 0.15) is 5.82 Å². The highest BCUT2D eigenvalue weighted by atomic mass is 19.1. The third-order valence-corrected chi connectivity index (χ3v) is 4.12. The lowest BCUT2D eigenvalue weighted by molar-refractivity contribution is 0.560. The normalized spacial score (nSPS) is 19.2. The van der Waals surface area contributed by atoms with Crippen molar-refractivity contribution >= 4 is 11.4 Å². The number of anilines is 2. The predicted molar refractivity (Wildman–Crippen MR) is 85.3 cm³/mol. The van der Waals surface area contributed by atoms with E-state index in [1.807, 2.05) is 13.0 Å². The van der Waals surface area contributed by atoms with Gasteiger partial charge in [-0.1, -0.05) is 25.1 Å². The monoisotopic (exact) mass is 284 g/mol. The van der Waals surface area contributed by atoms with Crippen LogP contribution in [0.5, 0.6) is 0 Å². The third-order valence-electron chi connectivity index (χ3n) is 4.12. The van der Waals surface area contributed by atoms with E-state index in [9.17, 15) is 4.39 Å². The number of nitrogens with two attached hydrogens (primary N) is 1. The molecule has 21 heavy (non-hydrogen) atoms. The van der Waals surface area contributed by atoms with Gasteiger partial charge in [-0.3, -0.25) is 0 Å². The number of hydrogen-bond donors (Lipinski definition) is 1. The molecule has 0 spiro atoms. The molecule has 2 atom stereocenters. The van der Waals surface area contributed by atoms with Crippen LogP contribution in [0.4, 0.5) is 15.8 Å². The number of hydrogen-bond acceptors (Lipinski definition) is 2. The Morgan fingerprint density at radius 2 is 1.95 bits per heavy atom. The highest BCUT2D eigenvalue weighted by Crippen LogP contribution is 2.38. The van der Waals surface area contributed by atoms with Crippen LogP contribution < -0.4 is 10.6 Å². The Balaban J connectivity index is 2.13. The highest BCUT2D eigenvalue weighted by molar-refractivity contribution is 5.71. The molecule has 0 saturated heterocycles. The van der Waals surface area contributed by atoms with E-state index in [4.69, 9.17) is 5.73 Å².